The van der Waals surface area contributed by atoms with Crippen LogP contribution in [0.5, 0.6) is 0 Å². The first-order valence-electron chi connectivity index (χ1n) is 6.18. The van der Waals surface area contributed by atoms with Gasteiger partial charge in [-0.15, -0.1) is 0 Å². The molecule has 1 fully saturated rings. The second kappa shape index (κ2) is 6.48. The molecule has 1 aromatic rings. The van der Waals surface area contributed by atoms with E-state index in [-0.39, 0.29) is 18.3 Å². The van der Waals surface area contributed by atoms with E-state index in [0.29, 0.717) is 12.2 Å². The van der Waals surface area contributed by atoms with Crippen molar-refractivity contribution in [2.45, 2.75) is 32.0 Å². The van der Waals surface area contributed by atoms with Gasteiger partial charge in [-0.1, -0.05) is 12.1 Å². The molecular weight excluding hydrogens is 233 g/mol. The maximum atomic E-state index is 13.7. The summed E-state index contributed by atoms with van der Waals surface area (Å²) in [6.07, 6.45) is 3.39. The number of benzene rings is 1. The van der Waals surface area contributed by atoms with Gasteiger partial charge in [-0.25, -0.2) is 4.39 Å². The minimum Gasteiger partial charge on any atom is -0.376 e. The van der Waals surface area contributed by atoms with E-state index in [2.05, 4.69) is 0 Å². The molecule has 0 N–H and O–H groups in total. The zero-order valence-electron chi connectivity index (χ0n) is 10.2. The van der Waals surface area contributed by atoms with E-state index in [0.717, 1.165) is 25.9 Å². The SMILES string of the molecule is N#Cc1cccc(COCC2CCCCO2)c1F. The van der Waals surface area contributed by atoms with Crippen LogP contribution in [0.15, 0.2) is 18.2 Å². The Hall–Kier alpha value is -1.44. The van der Waals surface area contributed by atoms with Crippen LogP contribution >= 0.6 is 0 Å². The molecule has 1 aromatic carbocycles. The largest absolute Gasteiger partial charge is 0.376 e. The summed E-state index contributed by atoms with van der Waals surface area (Å²) in [7, 11) is 0. The number of halogens is 1. The zero-order chi connectivity index (χ0) is 12.8. The number of nitrogens with zero attached hydrogens (tertiary/aromatic N) is 1. The monoisotopic (exact) mass is 249 g/mol. The molecule has 4 heteroatoms. The number of hydrogen-bond donors (Lipinski definition) is 0. The zero-order valence-corrected chi connectivity index (χ0v) is 10.2. The highest BCUT2D eigenvalue weighted by molar-refractivity contribution is 5.34. The number of ether oxygens (including phenoxy) is 2. The molecule has 0 radical (unpaired) electrons. The summed E-state index contributed by atoms with van der Waals surface area (Å²) in [4.78, 5) is 0. The van der Waals surface area contributed by atoms with Crippen molar-refractivity contribution in [3.05, 3.63) is 35.1 Å². The first-order chi connectivity index (χ1) is 8.81. The molecule has 18 heavy (non-hydrogen) atoms. The first kappa shape index (κ1) is 13.0. The standard InChI is InChI=1S/C14H16FNO2/c15-14-11(8-16)4-3-5-12(14)9-17-10-13-6-1-2-7-18-13/h3-5,13H,1-2,6-7,9-10H2. The Morgan fingerprint density at radius 1 is 1.44 bits per heavy atom. The molecule has 0 aromatic heterocycles. The number of nitriles is 1. The first-order valence-corrected chi connectivity index (χ1v) is 6.18. The van der Waals surface area contributed by atoms with Crippen molar-refractivity contribution in [1.29, 1.82) is 5.26 Å². The fourth-order valence-corrected chi connectivity index (χ4v) is 2.02. The van der Waals surface area contributed by atoms with Crippen molar-refractivity contribution in [2.24, 2.45) is 0 Å². The highest BCUT2D eigenvalue weighted by atomic mass is 19.1. The third-order valence-electron chi connectivity index (χ3n) is 3.03. The van der Waals surface area contributed by atoms with E-state index in [9.17, 15) is 4.39 Å². The summed E-state index contributed by atoms with van der Waals surface area (Å²) >= 11 is 0. The second-order valence-corrected chi connectivity index (χ2v) is 4.39. The molecule has 0 aliphatic carbocycles. The van der Waals surface area contributed by atoms with E-state index in [1.165, 1.54) is 6.07 Å². The quantitative estimate of drug-likeness (QED) is 0.824. The Morgan fingerprint density at radius 2 is 2.33 bits per heavy atom. The smallest absolute Gasteiger partial charge is 0.146 e. The van der Waals surface area contributed by atoms with E-state index in [4.69, 9.17) is 14.7 Å². The van der Waals surface area contributed by atoms with Crippen molar-refractivity contribution in [2.75, 3.05) is 13.2 Å². The highest BCUT2D eigenvalue weighted by Crippen LogP contribution is 2.16. The summed E-state index contributed by atoms with van der Waals surface area (Å²) < 4.78 is 24.7. The Kier molecular flexibility index (Phi) is 4.68. The molecule has 1 heterocycles. The molecule has 1 aliphatic heterocycles. The van der Waals surface area contributed by atoms with Crippen molar-refractivity contribution >= 4 is 0 Å². The summed E-state index contributed by atoms with van der Waals surface area (Å²) in [6.45, 7) is 1.45. The summed E-state index contributed by atoms with van der Waals surface area (Å²) in [5.41, 5.74) is 0.481. The van der Waals surface area contributed by atoms with Gasteiger partial charge in [-0.3, -0.25) is 0 Å². The third kappa shape index (κ3) is 3.28. The van der Waals surface area contributed by atoms with E-state index >= 15 is 0 Å². The molecule has 3 nitrogen and oxygen atoms in total. The lowest BCUT2D eigenvalue weighted by Gasteiger charge is -2.22. The van der Waals surface area contributed by atoms with Crippen LogP contribution in [-0.4, -0.2) is 19.3 Å². The molecule has 1 unspecified atom stereocenters. The molecular formula is C14H16FNO2. The van der Waals surface area contributed by atoms with E-state index < -0.39 is 5.82 Å². The molecule has 0 saturated carbocycles. The van der Waals surface area contributed by atoms with Crippen molar-refractivity contribution < 1.29 is 13.9 Å². The third-order valence-corrected chi connectivity index (χ3v) is 3.03. The average Bonchev–Trinajstić information content (AvgIpc) is 2.42. The Labute approximate surface area is 106 Å². The van der Waals surface area contributed by atoms with Gasteiger partial charge in [-0.2, -0.15) is 5.26 Å². The topological polar surface area (TPSA) is 42.2 Å². The second-order valence-electron chi connectivity index (χ2n) is 4.39. The minimum absolute atomic E-state index is 0.0602. The molecule has 0 amide bonds. The van der Waals surface area contributed by atoms with Gasteiger partial charge in [0.2, 0.25) is 0 Å². The summed E-state index contributed by atoms with van der Waals surface area (Å²) in [5.74, 6) is -0.482. The van der Waals surface area contributed by atoms with Gasteiger partial charge < -0.3 is 9.47 Å². The summed E-state index contributed by atoms with van der Waals surface area (Å²) in [6, 6.07) is 6.58. The van der Waals surface area contributed by atoms with Crippen LogP contribution in [0.2, 0.25) is 0 Å². The number of hydrogen-bond acceptors (Lipinski definition) is 3. The molecule has 1 saturated heterocycles. The Balaban J connectivity index is 1.84. The molecule has 0 spiro atoms. The van der Waals surface area contributed by atoms with Crippen LogP contribution in [0.3, 0.4) is 0 Å². The van der Waals surface area contributed by atoms with Gasteiger partial charge in [0.25, 0.3) is 0 Å². The molecule has 1 atom stereocenters. The van der Waals surface area contributed by atoms with Crippen LogP contribution in [0.4, 0.5) is 4.39 Å². The van der Waals surface area contributed by atoms with Gasteiger partial charge in [0.05, 0.1) is 24.9 Å². The van der Waals surface area contributed by atoms with E-state index in [1.807, 2.05) is 6.07 Å². The molecule has 96 valence electrons. The van der Waals surface area contributed by atoms with Crippen molar-refractivity contribution in [1.82, 2.24) is 0 Å². The predicted molar refractivity (Wildman–Crippen MR) is 64.4 cm³/mol. The Morgan fingerprint density at radius 3 is 3.06 bits per heavy atom. The fourth-order valence-electron chi connectivity index (χ4n) is 2.02. The van der Waals surface area contributed by atoms with Crippen molar-refractivity contribution in [3.8, 4) is 6.07 Å². The maximum absolute atomic E-state index is 13.7. The van der Waals surface area contributed by atoms with Gasteiger partial charge >= 0.3 is 0 Å². The van der Waals surface area contributed by atoms with Gasteiger partial charge in [0, 0.05) is 12.2 Å². The molecule has 0 bridgehead atoms. The maximum Gasteiger partial charge on any atom is 0.146 e. The van der Waals surface area contributed by atoms with Gasteiger partial charge in [0.1, 0.15) is 11.9 Å². The lowest BCUT2D eigenvalue weighted by Crippen LogP contribution is -2.24. The van der Waals surface area contributed by atoms with Crippen molar-refractivity contribution in [3.63, 3.8) is 0 Å². The normalized spacial score (nSPS) is 19.4. The van der Waals surface area contributed by atoms with Crippen LogP contribution in [0.25, 0.3) is 0 Å². The Bertz CT molecular complexity index is 436. The highest BCUT2D eigenvalue weighted by Gasteiger charge is 2.14. The number of rotatable bonds is 4. The summed E-state index contributed by atoms with van der Waals surface area (Å²) in [5, 5.41) is 8.72. The van der Waals surface area contributed by atoms with Gasteiger partial charge in [-0.05, 0) is 25.3 Å². The van der Waals surface area contributed by atoms with E-state index in [1.54, 1.807) is 12.1 Å². The minimum atomic E-state index is -0.482. The molecule has 1 aliphatic rings. The lowest BCUT2D eigenvalue weighted by molar-refractivity contribution is -0.0451. The molecule has 2 rings (SSSR count). The average molecular weight is 249 g/mol. The van der Waals surface area contributed by atoms with Crippen LogP contribution in [0, 0.1) is 17.1 Å². The van der Waals surface area contributed by atoms with Crippen LogP contribution in [0.1, 0.15) is 30.4 Å². The van der Waals surface area contributed by atoms with Crippen LogP contribution in [-0.2, 0) is 16.1 Å². The van der Waals surface area contributed by atoms with Gasteiger partial charge in [0.15, 0.2) is 0 Å². The fraction of sp³-hybridized carbons (Fsp3) is 0.500. The predicted octanol–water partition coefficient (Wildman–Crippen LogP) is 2.78. The van der Waals surface area contributed by atoms with Crippen LogP contribution < -0.4 is 0 Å². The lowest BCUT2D eigenvalue weighted by atomic mass is 10.1.